The molecule has 4 N–H and O–H groups in total. The van der Waals surface area contributed by atoms with E-state index in [9.17, 15) is 22.8 Å². The molecule has 1 aliphatic heterocycles. The van der Waals surface area contributed by atoms with Crippen LogP contribution in [0.3, 0.4) is 0 Å². The second-order valence-electron chi connectivity index (χ2n) is 7.30. The van der Waals surface area contributed by atoms with Crippen LogP contribution in [0.2, 0.25) is 0 Å². The molecule has 0 bridgehead atoms. The van der Waals surface area contributed by atoms with Gasteiger partial charge in [0.1, 0.15) is 0 Å². The van der Waals surface area contributed by atoms with Gasteiger partial charge < -0.3 is 5.32 Å². The fraction of sp³-hybridized carbons (Fsp3) is 0.286. The zero-order valence-electron chi connectivity index (χ0n) is 16.5. The number of anilines is 1. The van der Waals surface area contributed by atoms with Gasteiger partial charge in [-0.1, -0.05) is 31.2 Å². The number of primary sulfonamides is 1. The van der Waals surface area contributed by atoms with Crippen LogP contribution in [0.25, 0.3) is 0 Å². The van der Waals surface area contributed by atoms with E-state index in [4.69, 9.17) is 5.14 Å². The van der Waals surface area contributed by atoms with E-state index < -0.39 is 15.4 Å². The number of imide groups is 1. The highest BCUT2D eigenvalue weighted by Crippen LogP contribution is 2.36. The molecule has 1 saturated heterocycles. The number of nitrogens with one attached hydrogen (secondary N) is 2. The molecule has 1 fully saturated rings. The third-order valence-corrected chi connectivity index (χ3v) is 6.34. The Morgan fingerprint density at radius 2 is 1.73 bits per heavy atom. The summed E-state index contributed by atoms with van der Waals surface area (Å²) in [6, 6.07) is 12.8. The minimum Gasteiger partial charge on any atom is -0.326 e. The Kier molecular flexibility index (Phi) is 6.04. The molecule has 0 saturated carbocycles. The lowest BCUT2D eigenvalue weighted by Gasteiger charge is -2.35. The van der Waals surface area contributed by atoms with Crippen molar-refractivity contribution >= 4 is 33.4 Å². The normalized spacial score (nSPS) is 19.3. The molecule has 0 aliphatic carbocycles. The number of rotatable bonds is 6. The quantitative estimate of drug-likeness (QED) is 0.599. The minimum atomic E-state index is -3.77. The van der Waals surface area contributed by atoms with Gasteiger partial charge in [-0.15, -0.1) is 0 Å². The zero-order valence-corrected chi connectivity index (χ0v) is 17.3. The zero-order chi connectivity index (χ0) is 21.9. The standard InChI is InChI=1S/C21H23N3O5S/c1-2-21(12-11-18(25)24-20(21)27)15-5-7-16(8-6-15)23-19(26)13-14-3-9-17(10-4-14)30(22,28)29/h3-10H,2,11-13H2,1H3,(H,23,26)(H2,22,28,29)(H,24,25,27). The van der Waals surface area contributed by atoms with Gasteiger partial charge in [0.05, 0.1) is 16.7 Å². The van der Waals surface area contributed by atoms with Crippen LogP contribution in [0.1, 0.15) is 37.3 Å². The lowest BCUT2D eigenvalue weighted by Crippen LogP contribution is -2.51. The predicted molar refractivity (Wildman–Crippen MR) is 111 cm³/mol. The molecule has 158 valence electrons. The van der Waals surface area contributed by atoms with Crippen molar-refractivity contribution in [3.05, 3.63) is 59.7 Å². The molecule has 0 aromatic heterocycles. The molecule has 30 heavy (non-hydrogen) atoms. The predicted octanol–water partition coefficient (Wildman–Crippen LogP) is 1.60. The van der Waals surface area contributed by atoms with Gasteiger partial charge in [0.25, 0.3) is 0 Å². The molecular weight excluding hydrogens is 406 g/mol. The van der Waals surface area contributed by atoms with E-state index >= 15 is 0 Å². The summed E-state index contributed by atoms with van der Waals surface area (Å²) in [6.45, 7) is 1.91. The first-order chi connectivity index (χ1) is 14.1. The van der Waals surface area contributed by atoms with Crippen molar-refractivity contribution in [2.45, 2.75) is 42.9 Å². The summed E-state index contributed by atoms with van der Waals surface area (Å²) in [6.07, 6.45) is 1.37. The third-order valence-electron chi connectivity index (χ3n) is 5.41. The summed E-state index contributed by atoms with van der Waals surface area (Å²) in [7, 11) is -3.77. The van der Waals surface area contributed by atoms with Crippen molar-refractivity contribution in [3.63, 3.8) is 0 Å². The fourth-order valence-corrected chi connectivity index (χ4v) is 4.14. The third kappa shape index (κ3) is 4.58. The van der Waals surface area contributed by atoms with Crippen LogP contribution in [0.15, 0.2) is 53.4 Å². The van der Waals surface area contributed by atoms with Gasteiger partial charge in [-0.25, -0.2) is 13.6 Å². The monoisotopic (exact) mass is 429 g/mol. The summed E-state index contributed by atoms with van der Waals surface area (Å²) < 4.78 is 22.6. The minimum absolute atomic E-state index is 0.0134. The number of carbonyl (C=O) groups excluding carboxylic acids is 3. The van der Waals surface area contributed by atoms with Crippen molar-refractivity contribution in [1.29, 1.82) is 0 Å². The number of carbonyl (C=O) groups is 3. The summed E-state index contributed by atoms with van der Waals surface area (Å²) in [5.41, 5.74) is 1.27. The average molecular weight is 429 g/mol. The van der Waals surface area contributed by atoms with E-state index in [1.54, 1.807) is 24.3 Å². The van der Waals surface area contributed by atoms with Crippen LogP contribution in [-0.2, 0) is 36.2 Å². The van der Waals surface area contributed by atoms with E-state index in [2.05, 4.69) is 10.6 Å². The number of nitrogens with two attached hydrogens (primary N) is 1. The van der Waals surface area contributed by atoms with Crippen molar-refractivity contribution in [2.75, 3.05) is 5.32 Å². The highest BCUT2D eigenvalue weighted by atomic mass is 32.2. The summed E-state index contributed by atoms with van der Waals surface area (Å²) in [4.78, 5) is 36.2. The fourth-order valence-electron chi connectivity index (χ4n) is 3.63. The van der Waals surface area contributed by atoms with Crippen molar-refractivity contribution in [2.24, 2.45) is 5.14 Å². The maximum absolute atomic E-state index is 12.5. The van der Waals surface area contributed by atoms with Gasteiger partial charge >= 0.3 is 0 Å². The maximum atomic E-state index is 12.5. The average Bonchev–Trinajstić information content (AvgIpc) is 2.69. The molecule has 3 amide bonds. The molecule has 3 rings (SSSR count). The second kappa shape index (κ2) is 8.37. The Morgan fingerprint density at radius 1 is 1.10 bits per heavy atom. The number of hydrogen-bond donors (Lipinski definition) is 3. The van der Waals surface area contributed by atoms with E-state index in [-0.39, 0.29) is 29.0 Å². The van der Waals surface area contributed by atoms with Gasteiger partial charge in [-0.2, -0.15) is 0 Å². The largest absolute Gasteiger partial charge is 0.326 e. The topological polar surface area (TPSA) is 135 Å². The molecule has 1 heterocycles. The number of hydrogen-bond acceptors (Lipinski definition) is 5. The molecule has 1 unspecified atom stereocenters. The number of sulfonamides is 1. The first kappa shape index (κ1) is 21.7. The van der Waals surface area contributed by atoms with E-state index in [0.29, 0.717) is 30.5 Å². The number of amides is 3. The highest BCUT2D eigenvalue weighted by molar-refractivity contribution is 7.89. The maximum Gasteiger partial charge on any atom is 0.238 e. The number of benzene rings is 2. The first-order valence-electron chi connectivity index (χ1n) is 9.50. The lowest BCUT2D eigenvalue weighted by atomic mass is 9.72. The van der Waals surface area contributed by atoms with Crippen LogP contribution in [0.4, 0.5) is 5.69 Å². The number of piperidine rings is 1. The van der Waals surface area contributed by atoms with Crippen molar-refractivity contribution in [1.82, 2.24) is 5.32 Å². The van der Waals surface area contributed by atoms with Gasteiger partial charge in [0.15, 0.2) is 0 Å². The lowest BCUT2D eigenvalue weighted by molar-refractivity contribution is -0.138. The Bertz CT molecular complexity index is 1080. The van der Waals surface area contributed by atoms with Crippen molar-refractivity contribution in [3.8, 4) is 0 Å². The van der Waals surface area contributed by atoms with Crippen LogP contribution in [-0.4, -0.2) is 26.1 Å². The Labute approximate surface area is 174 Å². The molecule has 1 atom stereocenters. The molecular formula is C21H23N3O5S. The van der Waals surface area contributed by atoms with Gasteiger partial charge in [0, 0.05) is 12.1 Å². The molecule has 1 aliphatic rings. The Hall–Kier alpha value is -3.04. The first-order valence-corrected chi connectivity index (χ1v) is 11.0. The molecule has 2 aromatic carbocycles. The Morgan fingerprint density at radius 3 is 2.27 bits per heavy atom. The van der Waals surface area contributed by atoms with Gasteiger partial charge in [-0.3, -0.25) is 19.7 Å². The molecule has 0 radical (unpaired) electrons. The van der Waals surface area contributed by atoms with E-state index in [0.717, 1.165) is 5.56 Å². The van der Waals surface area contributed by atoms with Crippen LogP contribution >= 0.6 is 0 Å². The highest BCUT2D eigenvalue weighted by Gasteiger charge is 2.42. The Balaban J connectivity index is 1.67. The SMILES string of the molecule is CCC1(c2ccc(NC(=O)Cc3ccc(S(N)(=O)=O)cc3)cc2)CCC(=O)NC1=O. The van der Waals surface area contributed by atoms with Gasteiger partial charge in [-0.05, 0) is 48.2 Å². The van der Waals surface area contributed by atoms with Crippen molar-refractivity contribution < 1.29 is 22.8 Å². The van der Waals surface area contributed by atoms with E-state index in [1.165, 1.54) is 24.3 Å². The summed E-state index contributed by atoms with van der Waals surface area (Å²) in [5, 5.41) is 10.3. The molecule has 9 heteroatoms. The molecule has 8 nitrogen and oxygen atoms in total. The van der Waals surface area contributed by atoms with Gasteiger partial charge in [0.2, 0.25) is 27.7 Å². The summed E-state index contributed by atoms with van der Waals surface area (Å²) in [5.74, 6) is -0.816. The second-order valence-corrected chi connectivity index (χ2v) is 8.87. The van der Waals surface area contributed by atoms with E-state index in [1.807, 2.05) is 6.92 Å². The van der Waals surface area contributed by atoms with Crippen LogP contribution in [0, 0.1) is 0 Å². The van der Waals surface area contributed by atoms with Crippen LogP contribution in [0.5, 0.6) is 0 Å². The summed E-state index contributed by atoms with van der Waals surface area (Å²) >= 11 is 0. The van der Waals surface area contributed by atoms with Crippen LogP contribution < -0.4 is 15.8 Å². The smallest absolute Gasteiger partial charge is 0.238 e. The molecule has 0 spiro atoms. The molecule has 2 aromatic rings.